The summed E-state index contributed by atoms with van der Waals surface area (Å²) in [5.74, 6) is 2.54. The average molecular weight is 296 g/mol. The van der Waals surface area contributed by atoms with Gasteiger partial charge in [0.25, 0.3) is 0 Å². The molecule has 2 aliphatic carbocycles. The highest BCUT2D eigenvalue weighted by Gasteiger charge is 2.66. The molecule has 3 fully saturated rings. The Kier molecular flexibility index (Phi) is 3.31. The van der Waals surface area contributed by atoms with Gasteiger partial charge >= 0.3 is 6.03 Å². The topological polar surface area (TPSA) is 49.4 Å². The van der Waals surface area contributed by atoms with Gasteiger partial charge in [0, 0.05) is 30.0 Å². The minimum Gasteiger partial charge on any atom is -0.328 e. The first kappa shape index (κ1) is 14.2. The fraction of sp³-hybridized carbons (Fsp3) is 0.867. The van der Waals surface area contributed by atoms with Gasteiger partial charge in [0.05, 0.1) is 6.04 Å². The van der Waals surface area contributed by atoms with Crippen LogP contribution in [0.25, 0.3) is 0 Å². The van der Waals surface area contributed by atoms with E-state index >= 15 is 0 Å². The molecule has 3 atom stereocenters. The van der Waals surface area contributed by atoms with Crippen LogP contribution in [0, 0.1) is 16.7 Å². The van der Waals surface area contributed by atoms with Gasteiger partial charge in [0.15, 0.2) is 5.78 Å². The van der Waals surface area contributed by atoms with Crippen LogP contribution in [0.2, 0.25) is 0 Å². The van der Waals surface area contributed by atoms with Gasteiger partial charge in [-0.1, -0.05) is 20.8 Å². The van der Waals surface area contributed by atoms with Gasteiger partial charge in [-0.3, -0.25) is 4.79 Å². The van der Waals surface area contributed by atoms with Crippen LogP contribution >= 0.6 is 11.8 Å². The molecule has 3 unspecified atom stereocenters. The number of fused-ring (bicyclic) bond motifs is 2. The highest BCUT2D eigenvalue weighted by molar-refractivity contribution is 7.99. The van der Waals surface area contributed by atoms with E-state index < -0.39 is 0 Å². The Morgan fingerprint density at radius 3 is 2.50 bits per heavy atom. The van der Waals surface area contributed by atoms with Crippen molar-refractivity contribution in [2.24, 2.45) is 16.7 Å². The first-order chi connectivity index (χ1) is 9.38. The second-order valence-electron chi connectivity index (χ2n) is 7.09. The van der Waals surface area contributed by atoms with Gasteiger partial charge in [-0.05, 0) is 24.2 Å². The Balaban J connectivity index is 1.73. The van der Waals surface area contributed by atoms with Crippen LogP contribution in [0.3, 0.4) is 0 Å². The van der Waals surface area contributed by atoms with Crippen molar-refractivity contribution < 1.29 is 9.59 Å². The number of carbonyl (C=O) groups is 2. The number of ketones is 1. The fourth-order valence-electron chi connectivity index (χ4n) is 4.24. The Bertz CT molecular complexity index is 445. The molecule has 2 bridgehead atoms. The van der Waals surface area contributed by atoms with Gasteiger partial charge in [-0.25, -0.2) is 4.79 Å². The first-order valence-electron chi connectivity index (χ1n) is 7.55. The molecule has 3 aliphatic rings. The molecule has 3 rings (SSSR count). The molecule has 1 N–H and O–H groups in total. The van der Waals surface area contributed by atoms with E-state index in [2.05, 4.69) is 26.1 Å². The fourth-order valence-corrected chi connectivity index (χ4v) is 5.15. The number of hydrogen-bond donors (Lipinski definition) is 1. The Labute approximate surface area is 125 Å². The van der Waals surface area contributed by atoms with E-state index in [1.54, 1.807) is 0 Å². The van der Waals surface area contributed by atoms with Crippen LogP contribution in [0.1, 0.15) is 33.6 Å². The zero-order valence-electron chi connectivity index (χ0n) is 12.6. The molecule has 5 heteroatoms. The smallest absolute Gasteiger partial charge is 0.318 e. The van der Waals surface area contributed by atoms with E-state index in [1.165, 1.54) is 0 Å². The number of Topliss-reactive ketones (excluding diaryl/α,β-unsaturated/α-hetero) is 1. The number of amides is 2. The van der Waals surface area contributed by atoms with Gasteiger partial charge in [0.2, 0.25) is 0 Å². The quantitative estimate of drug-likeness (QED) is 0.806. The van der Waals surface area contributed by atoms with E-state index in [9.17, 15) is 9.59 Å². The van der Waals surface area contributed by atoms with Crippen LogP contribution in [-0.4, -0.2) is 47.4 Å². The molecule has 0 radical (unpaired) electrons. The summed E-state index contributed by atoms with van der Waals surface area (Å²) in [6.45, 7) is 8.04. The molecule has 1 aliphatic heterocycles. The summed E-state index contributed by atoms with van der Waals surface area (Å²) >= 11 is 1.88. The largest absolute Gasteiger partial charge is 0.328 e. The van der Waals surface area contributed by atoms with Crippen molar-refractivity contribution >= 4 is 23.6 Å². The monoisotopic (exact) mass is 296 g/mol. The van der Waals surface area contributed by atoms with E-state index in [0.29, 0.717) is 5.92 Å². The van der Waals surface area contributed by atoms with Crippen molar-refractivity contribution in [3.05, 3.63) is 0 Å². The molecule has 20 heavy (non-hydrogen) atoms. The molecule has 4 nitrogen and oxygen atoms in total. The normalized spacial score (nSPS) is 39.1. The SMILES string of the molecule is CC12CCC(C(NC(=O)N3CCSCC3)C1=O)C2(C)C. The lowest BCUT2D eigenvalue weighted by molar-refractivity contribution is -0.129. The predicted molar refractivity (Wildman–Crippen MR) is 80.8 cm³/mol. The Hall–Kier alpha value is -0.710. The molecule has 1 saturated heterocycles. The van der Waals surface area contributed by atoms with Gasteiger partial charge in [0.1, 0.15) is 0 Å². The van der Waals surface area contributed by atoms with Crippen LogP contribution in [-0.2, 0) is 4.79 Å². The number of urea groups is 1. The van der Waals surface area contributed by atoms with E-state index in [4.69, 9.17) is 0 Å². The minimum atomic E-state index is -0.272. The molecule has 2 amide bonds. The third-order valence-electron chi connectivity index (χ3n) is 6.11. The highest BCUT2D eigenvalue weighted by Crippen LogP contribution is 2.63. The summed E-state index contributed by atoms with van der Waals surface area (Å²) in [4.78, 5) is 26.9. The molecule has 0 spiro atoms. The van der Waals surface area contributed by atoms with Gasteiger partial charge in [-0.2, -0.15) is 11.8 Å². The van der Waals surface area contributed by atoms with Crippen LogP contribution in [0.15, 0.2) is 0 Å². The maximum Gasteiger partial charge on any atom is 0.318 e. The van der Waals surface area contributed by atoms with Crippen molar-refractivity contribution in [2.75, 3.05) is 24.6 Å². The van der Waals surface area contributed by atoms with Crippen LogP contribution in [0.5, 0.6) is 0 Å². The second-order valence-corrected chi connectivity index (χ2v) is 8.31. The molecule has 1 heterocycles. The molecular weight excluding hydrogens is 272 g/mol. The van der Waals surface area contributed by atoms with Gasteiger partial charge in [-0.15, -0.1) is 0 Å². The molecule has 0 aromatic heterocycles. The highest BCUT2D eigenvalue weighted by atomic mass is 32.2. The number of nitrogens with zero attached hydrogens (tertiary/aromatic N) is 1. The average Bonchev–Trinajstić information content (AvgIpc) is 2.74. The van der Waals surface area contributed by atoms with E-state index in [1.807, 2.05) is 16.7 Å². The summed E-state index contributed by atoms with van der Waals surface area (Å²) in [6.07, 6.45) is 2.02. The van der Waals surface area contributed by atoms with E-state index in [-0.39, 0.29) is 28.7 Å². The summed E-state index contributed by atoms with van der Waals surface area (Å²) in [5.41, 5.74) is -0.257. The third kappa shape index (κ3) is 1.81. The van der Waals surface area contributed by atoms with Crippen molar-refractivity contribution in [1.82, 2.24) is 10.2 Å². The standard InChI is InChI=1S/C15H24N2O2S/c1-14(2)10-4-5-15(14,3)12(18)11(10)16-13(19)17-6-8-20-9-7-17/h10-11H,4-9H2,1-3H3,(H,16,19). The maximum atomic E-state index is 12.7. The summed E-state index contributed by atoms with van der Waals surface area (Å²) in [5, 5.41) is 3.04. The van der Waals surface area contributed by atoms with Gasteiger partial charge < -0.3 is 10.2 Å². The van der Waals surface area contributed by atoms with Crippen LogP contribution < -0.4 is 5.32 Å². The lowest BCUT2D eigenvalue weighted by atomic mass is 9.70. The molecule has 112 valence electrons. The summed E-state index contributed by atoms with van der Waals surface area (Å²) in [7, 11) is 0. The summed E-state index contributed by atoms with van der Waals surface area (Å²) in [6, 6.07) is -0.318. The second kappa shape index (κ2) is 4.65. The lowest BCUT2D eigenvalue weighted by Crippen LogP contribution is -2.52. The zero-order chi connectivity index (χ0) is 14.5. The third-order valence-corrected chi connectivity index (χ3v) is 7.05. The number of thioether (sulfide) groups is 1. The van der Waals surface area contributed by atoms with Crippen molar-refractivity contribution in [3.8, 4) is 0 Å². The zero-order valence-corrected chi connectivity index (χ0v) is 13.4. The van der Waals surface area contributed by atoms with Crippen molar-refractivity contribution in [3.63, 3.8) is 0 Å². The lowest BCUT2D eigenvalue weighted by Gasteiger charge is -2.32. The molecule has 2 saturated carbocycles. The number of nitrogens with one attached hydrogen (secondary N) is 1. The number of carbonyl (C=O) groups excluding carboxylic acids is 2. The number of hydrogen-bond acceptors (Lipinski definition) is 3. The Morgan fingerprint density at radius 1 is 1.30 bits per heavy atom. The summed E-state index contributed by atoms with van der Waals surface area (Å²) < 4.78 is 0. The predicted octanol–water partition coefficient (Wildman–Crippen LogP) is 2.14. The number of rotatable bonds is 1. The van der Waals surface area contributed by atoms with Crippen molar-refractivity contribution in [1.29, 1.82) is 0 Å². The van der Waals surface area contributed by atoms with E-state index in [0.717, 1.165) is 37.4 Å². The molecular formula is C15H24N2O2S. The molecule has 0 aromatic carbocycles. The van der Waals surface area contributed by atoms with Crippen molar-refractivity contribution in [2.45, 2.75) is 39.7 Å². The Morgan fingerprint density at radius 2 is 1.95 bits per heavy atom. The van der Waals surface area contributed by atoms with Crippen LogP contribution in [0.4, 0.5) is 4.79 Å². The minimum absolute atomic E-state index is 0.000218. The molecule has 0 aromatic rings. The maximum absolute atomic E-state index is 12.7. The first-order valence-corrected chi connectivity index (χ1v) is 8.71.